The van der Waals surface area contributed by atoms with Crippen LogP contribution in [0.3, 0.4) is 0 Å². The first-order valence-electron chi connectivity index (χ1n) is 11.2. The van der Waals surface area contributed by atoms with Gasteiger partial charge in [-0.2, -0.15) is 0 Å². The van der Waals surface area contributed by atoms with Crippen LogP contribution < -0.4 is 10.5 Å². The molecule has 1 N–H and O–H groups in total. The van der Waals surface area contributed by atoms with Crippen molar-refractivity contribution in [1.29, 1.82) is 0 Å². The largest absolute Gasteiger partial charge is 0.387 e. The Morgan fingerprint density at radius 2 is 1.76 bits per heavy atom. The lowest BCUT2D eigenvalue weighted by Gasteiger charge is -2.39. The Balaban J connectivity index is 1.59. The van der Waals surface area contributed by atoms with Crippen LogP contribution in [0.5, 0.6) is 0 Å². The molecule has 2 atom stereocenters. The quantitative estimate of drug-likeness (QED) is 0.503. The molecule has 0 spiro atoms. The molecule has 0 aliphatic carbocycles. The number of aliphatic hydroxyl groups is 1. The van der Waals surface area contributed by atoms with E-state index in [1.54, 1.807) is 23.0 Å². The molecule has 4 aromatic rings. The van der Waals surface area contributed by atoms with E-state index in [1.807, 2.05) is 61.5 Å². The molecule has 2 aromatic heterocycles. The Morgan fingerprint density at radius 1 is 1.03 bits per heavy atom. The van der Waals surface area contributed by atoms with Crippen molar-refractivity contribution in [1.82, 2.24) is 14.5 Å². The van der Waals surface area contributed by atoms with Gasteiger partial charge in [-0.1, -0.05) is 60.2 Å². The number of aliphatic hydroxyl groups excluding tert-OH is 1. The van der Waals surface area contributed by atoms with Gasteiger partial charge in [0, 0.05) is 30.6 Å². The van der Waals surface area contributed by atoms with Crippen LogP contribution in [0.15, 0.2) is 90.0 Å². The van der Waals surface area contributed by atoms with Gasteiger partial charge in [-0.15, -0.1) is 0 Å². The zero-order valence-corrected chi connectivity index (χ0v) is 18.5. The third-order valence-corrected chi connectivity index (χ3v) is 6.24. The predicted octanol–water partition coefficient (Wildman–Crippen LogP) is 4.30. The molecule has 0 radical (unpaired) electrons. The highest BCUT2D eigenvalue weighted by atomic mass is 16.3. The number of rotatable bonds is 5. The minimum Gasteiger partial charge on any atom is -0.387 e. The van der Waals surface area contributed by atoms with Gasteiger partial charge in [0.25, 0.3) is 5.56 Å². The van der Waals surface area contributed by atoms with Crippen molar-refractivity contribution in [2.75, 3.05) is 11.4 Å². The number of fused-ring (bicyclic) bond motifs is 1. The van der Waals surface area contributed by atoms with Gasteiger partial charge in [0.2, 0.25) is 5.95 Å². The number of nitrogens with zero attached hydrogens (tertiary/aromatic N) is 4. The summed E-state index contributed by atoms with van der Waals surface area (Å²) in [5.74, 6) is 0.584. The van der Waals surface area contributed by atoms with Crippen LogP contribution in [0.2, 0.25) is 0 Å². The van der Waals surface area contributed by atoms with Gasteiger partial charge in [0.1, 0.15) is 0 Å². The fourth-order valence-corrected chi connectivity index (χ4v) is 4.45. The highest BCUT2D eigenvalue weighted by Gasteiger charge is 2.31. The monoisotopic (exact) mass is 438 g/mol. The van der Waals surface area contributed by atoms with E-state index in [2.05, 4.69) is 22.0 Å². The Kier molecular flexibility index (Phi) is 5.75. The minimum absolute atomic E-state index is 0.00545. The molecule has 3 heterocycles. The summed E-state index contributed by atoms with van der Waals surface area (Å²) < 4.78 is 1.71. The molecule has 1 aliphatic heterocycles. The Bertz CT molecular complexity index is 1290. The molecule has 5 rings (SSSR count). The van der Waals surface area contributed by atoms with E-state index in [1.165, 1.54) is 0 Å². The van der Waals surface area contributed by atoms with Crippen molar-refractivity contribution in [3.63, 3.8) is 0 Å². The van der Waals surface area contributed by atoms with Gasteiger partial charge in [-0.3, -0.25) is 14.3 Å². The van der Waals surface area contributed by atoms with Gasteiger partial charge in [0.15, 0.2) is 0 Å². The highest BCUT2D eigenvalue weighted by molar-refractivity contribution is 5.60. The van der Waals surface area contributed by atoms with Crippen LogP contribution in [0.4, 0.5) is 5.95 Å². The summed E-state index contributed by atoms with van der Waals surface area (Å²) in [6.45, 7) is 2.93. The first-order chi connectivity index (χ1) is 16.1. The molecular weight excluding hydrogens is 412 g/mol. The van der Waals surface area contributed by atoms with Gasteiger partial charge in [-0.05, 0) is 36.6 Å². The van der Waals surface area contributed by atoms with Gasteiger partial charge in [-0.25, -0.2) is 4.98 Å². The zero-order chi connectivity index (χ0) is 22.8. The van der Waals surface area contributed by atoms with Crippen LogP contribution in [-0.2, 0) is 6.54 Å². The zero-order valence-electron chi connectivity index (χ0n) is 18.5. The second-order valence-corrected chi connectivity index (χ2v) is 8.46. The third kappa shape index (κ3) is 4.30. The molecule has 0 fully saturated rings. The molecule has 0 saturated carbocycles. The van der Waals surface area contributed by atoms with Crippen LogP contribution in [0.1, 0.15) is 35.3 Å². The number of β-amino-alcohol motifs (C(OH)–C–C–N with tert-alkyl or cyclic N) is 1. The maximum absolute atomic E-state index is 13.1. The van der Waals surface area contributed by atoms with Crippen LogP contribution in [0, 0.1) is 6.92 Å². The summed E-state index contributed by atoms with van der Waals surface area (Å²) in [5.41, 5.74) is 4.49. The first kappa shape index (κ1) is 21.1. The van der Waals surface area contributed by atoms with E-state index in [4.69, 9.17) is 4.98 Å². The smallest absolute Gasteiger partial charge is 0.255 e. The number of aryl methyl sites for hydroxylation is 1. The normalized spacial score (nSPS) is 16.3. The van der Waals surface area contributed by atoms with Gasteiger partial charge < -0.3 is 10.0 Å². The van der Waals surface area contributed by atoms with Crippen LogP contribution >= 0.6 is 0 Å². The van der Waals surface area contributed by atoms with E-state index in [0.717, 1.165) is 28.7 Å². The second kappa shape index (κ2) is 9.00. The number of benzene rings is 2. The van der Waals surface area contributed by atoms with E-state index in [-0.39, 0.29) is 11.6 Å². The molecular formula is C27H26N4O2. The molecule has 33 heavy (non-hydrogen) atoms. The van der Waals surface area contributed by atoms with Crippen molar-refractivity contribution in [3.05, 3.63) is 112 Å². The lowest BCUT2D eigenvalue weighted by Crippen LogP contribution is -2.42. The van der Waals surface area contributed by atoms with E-state index < -0.39 is 6.10 Å². The summed E-state index contributed by atoms with van der Waals surface area (Å²) in [5, 5.41) is 11.1. The standard InChI is InChI=1S/C27H26N4O2/c1-19-7-9-22(10-8-19)25(32)18-31-24(21-5-3-2-4-6-21)13-16-30-26(33)17-23(29-27(30)31)20-11-14-28-15-12-20/h2-12,14-15,17,24-25,32H,13,16,18H2,1H3. The number of aromatic nitrogens is 3. The summed E-state index contributed by atoms with van der Waals surface area (Å²) in [6.07, 6.45) is 3.43. The van der Waals surface area contributed by atoms with Crippen molar-refractivity contribution < 1.29 is 5.11 Å². The minimum atomic E-state index is -0.718. The van der Waals surface area contributed by atoms with Crippen LogP contribution in [-0.4, -0.2) is 26.2 Å². The Labute approximate surface area is 192 Å². The van der Waals surface area contributed by atoms with Gasteiger partial charge >= 0.3 is 0 Å². The highest BCUT2D eigenvalue weighted by Crippen LogP contribution is 2.35. The molecule has 6 nitrogen and oxygen atoms in total. The lowest BCUT2D eigenvalue weighted by molar-refractivity contribution is 0.176. The third-order valence-electron chi connectivity index (χ3n) is 6.24. The lowest BCUT2D eigenvalue weighted by atomic mass is 9.98. The molecule has 1 aliphatic rings. The Morgan fingerprint density at radius 3 is 2.48 bits per heavy atom. The van der Waals surface area contributed by atoms with E-state index in [9.17, 15) is 9.90 Å². The van der Waals surface area contributed by atoms with E-state index >= 15 is 0 Å². The number of hydrogen-bond acceptors (Lipinski definition) is 5. The molecule has 0 saturated heterocycles. The summed E-state index contributed by atoms with van der Waals surface area (Å²) >= 11 is 0. The van der Waals surface area contributed by atoms with Crippen molar-refractivity contribution in [2.45, 2.75) is 32.0 Å². The average molecular weight is 439 g/mol. The number of hydrogen-bond donors (Lipinski definition) is 1. The molecule has 2 aromatic carbocycles. The molecule has 0 amide bonds. The van der Waals surface area contributed by atoms with Crippen molar-refractivity contribution >= 4 is 5.95 Å². The molecule has 6 heteroatoms. The average Bonchev–Trinajstić information content (AvgIpc) is 2.85. The van der Waals surface area contributed by atoms with E-state index in [0.29, 0.717) is 24.7 Å². The molecule has 166 valence electrons. The molecule has 0 bridgehead atoms. The van der Waals surface area contributed by atoms with Crippen molar-refractivity contribution in [2.24, 2.45) is 0 Å². The predicted molar refractivity (Wildman–Crippen MR) is 129 cm³/mol. The Hall–Kier alpha value is -3.77. The van der Waals surface area contributed by atoms with Gasteiger partial charge in [0.05, 0.1) is 24.4 Å². The van der Waals surface area contributed by atoms with Crippen molar-refractivity contribution in [3.8, 4) is 11.3 Å². The SMILES string of the molecule is Cc1ccc(C(O)CN2c3nc(-c4ccncc4)cc(=O)n3CCC2c2ccccc2)cc1. The topological polar surface area (TPSA) is 71.2 Å². The fourth-order valence-electron chi connectivity index (χ4n) is 4.45. The second-order valence-electron chi connectivity index (χ2n) is 8.46. The fraction of sp³-hybridized carbons (Fsp3) is 0.222. The number of anilines is 1. The number of pyridine rings is 1. The maximum atomic E-state index is 13.1. The molecule has 2 unspecified atom stereocenters. The van der Waals surface area contributed by atoms with Crippen LogP contribution in [0.25, 0.3) is 11.3 Å². The summed E-state index contributed by atoms with van der Waals surface area (Å²) in [7, 11) is 0. The maximum Gasteiger partial charge on any atom is 0.255 e. The summed E-state index contributed by atoms with van der Waals surface area (Å²) in [6, 6.07) is 23.4. The summed E-state index contributed by atoms with van der Waals surface area (Å²) in [4.78, 5) is 24.1. The first-order valence-corrected chi connectivity index (χ1v) is 11.2.